The molecule has 0 spiro atoms. The summed E-state index contributed by atoms with van der Waals surface area (Å²) >= 11 is 0. The summed E-state index contributed by atoms with van der Waals surface area (Å²) in [6, 6.07) is 72.8. The van der Waals surface area contributed by atoms with E-state index in [9.17, 15) is 0 Å². The summed E-state index contributed by atoms with van der Waals surface area (Å²) in [5.41, 5.74) is 13.8. The van der Waals surface area contributed by atoms with Gasteiger partial charge in [0.15, 0.2) is 5.82 Å². The number of nitrogens with zero attached hydrogens (tertiary/aromatic N) is 2. The molecule has 0 bridgehead atoms. The summed E-state index contributed by atoms with van der Waals surface area (Å²) < 4.78 is 6.60. The molecule has 0 N–H and O–H groups in total. The highest BCUT2D eigenvalue weighted by molar-refractivity contribution is 6.19. The maximum atomic E-state index is 6.60. The molecular weight excluding hydrogens is 693 g/mol. The maximum Gasteiger partial charge on any atom is 0.160 e. The largest absolute Gasteiger partial charge is 0.455 e. The summed E-state index contributed by atoms with van der Waals surface area (Å²) in [6.45, 7) is 0. The smallest absolute Gasteiger partial charge is 0.160 e. The van der Waals surface area contributed by atoms with Crippen LogP contribution in [-0.4, -0.2) is 9.97 Å². The van der Waals surface area contributed by atoms with E-state index in [4.69, 9.17) is 14.4 Å². The molecule has 0 fully saturated rings. The van der Waals surface area contributed by atoms with Crippen LogP contribution in [-0.2, 0) is 0 Å². The third-order valence-electron chi connectivity index (χ3n) is 11.1. The molecule has 11 rings (SSSR count). The molecular formula is C54H34N2O. The van der Waals surface area contributed by atoms with E-state index in [-0.39, 0.29) is 0 Å². The number of benzene rings is 9. The lowest BCUT2D eigenvalue weighted by Gasteiger charge is -2.11. The number of furan rings is 1. The Bertz CT molecular complexity index is 3190. The predicted molar refractivity (Wildman–Crippen MR) is 237 cm³/mol. The fourth-order valence-electron chi connectivity index (χ4n) is 8.23. The molecule has 0 aliphatic rings. The molecule has 0 radical (unpaired) electrons. The topological polar surface area (TPSA) is 38.9 Å². The molecule has 0 unspecified atom stereocenters. The third kappa shape index (κ3) is 5.85. The Balaban J connectivity index is 0.957. The molecule has 3 nitrogen and oxygen atoms in total. The van der Waals surface area contributed by atoms with E-state index in [1.807, 2.05) is 36.4 Å². The summed E-state index contributed by atoms with van der Waals surface area (Å²) in [7, 11) is 0. The predicted octanol–water partition coefficient (Wildman–Crippen LogP) is 14.7. The summed E-state index contributed by atoms with van der Waals surface area (Å²) in [5, 5.41) is 7.01. The monoisotopic (exact) mass is 726 g/mol. The SMILES string of the molecule is c1ccc(-c2cc(-c3ccc(-c4ccc(-c5cc6c7cc(-c8cccc9ccccc89)ccc7oc6c6ccccc56)cc4)cc3)nc(-c3ccccc3)n2)cc1. The molecule has 0 aliphatic carbocycles. The Kier molecular flexibility index (Phi) is 7.82. The van der Waals surface area contributed by atoms with E-state index >= 15 is 0 Å². The van der Waals surface area contributed by atoms with Crippen LogP contribution in [0.4, 0.5) is 0 Å². The molecule has 0 saturated heterocycles. The summed E-state index contributed by atoms with van der Waals surface area (Å²) in [4.78, 5) is 9.98. The second-order valence-electron chi connectivity index (χ2n) is 14.5. The van der Waals surface area contributed by atoms with E-state index in [2.05, 4.69) is 170 Å². The minimum Gasteiger partial charge on any atom is -0.455 e. The summed E-state index contributed by atoms with van der Waals surface area (Å²) in [6.07, 6.45) is 0. The van der Waals surface area contributed by atoms with Crippen LogP contribution in [0.1, 0.15) is 0 Å². The quantitative estimate of drug-likeness (QED) is 0.171. The third-order valence-corrected chi connectivity index (χ3v) is 11.1. The van der Waals surface area contributed by atoms with Crippen LogP contribution in [0.25, 0.3) is 111 Å². The number of fused-ring (bicyclic) bond motifs is 6. The Hall–Kier alpha value is -7.62. The van der Waals surface area contributed by atoms with Crippen molar-refractivity contribution in [3.05, 3.63) is 206 Å². The van der Waals surface area contributed by atoms with Crippen molar-refractivity contribution in [2.45, 2.75) is 0 Å². The average molecular weight is 727 g/mol. The van der Waals surface area contributed by atoms with Crippen molar-refractivity contribution >= 4 is 43.5 Å². The Morgan fingerprint density at radius 2 is 0.842 bits per heavy atom. The van der Waals surface area contributed by atoms with Gasteiger partial charge in [0, 0.05) is 32.8 Å². The van der Waals surface area contributed by atoms with Crippen molar-refractivity contribution in [3.63, 3.8) is 0 Å². The molecule has 9 aromatic carbocycles. The second kappa shape index (κ2) is 13.6. The van der Waals surface area contributed by atoms with Gasteiger partial charge in [0.25, 0.3) is 0 Å². The van der Waals surface area contributed by atoms with Gasteiger partial charge in [-0.05, 0) is 73.8 Å². The molecule has 11 aromatic rings. The molecule has 0 atom stereocenters. The lowest BCUT2D eigenvalue weighted by Crippen LogP contribution is -1.95. The zero-order valence-corrected chi connectivity index (χ0v) is 30.9. The lowest BCUT2D eigenvalue weighted by molar-refractivity contribution is 0.673. The van der Waals surface area contributed by atoms with Crippen molar-refractivity contribution in [2.75, 3.05) is 0 Å². The number of hydrogen-bond donors (Lipinski definition) is 0. The normalized spacial score (nSPS) is 11.5. The number of hydrogen-bond acceptors (Lipinski definition) is 3. The van der Waals surface area contributed by atoms with E-state index in [1.165, 1.54) is 32.8 Å². The van der Waals surface area contributed by atoms with Gasteiger partial charge in [-0.2, -0.15) is 0 Å². The zero-order valence-electron chi connectivity index (χ0n) is 30.9. The van der Waals surface area contributed by atoms with Crippen LogP contribution in [0.2, 0.25) is 0 Å². The van der Waals surface area contributed by atoms with Crippen molar-refractivity contribution in [3.8, 4) is 67.3 Å². The highest BCUT2D eigenvalue weighted by Gasteiger charge is 2.17. The van der Waals surface area contributed by atoms with Crippen LogP contribution in [0.5, 0.6) is 0 Å². The van der Waals surface area contributed by atoms with Gasteiger partial charge in [0.2, 0.25) is 0 Å². The van der Waals surface area contributed by atoms with E-state index in [0.717, 1.165) is 72.1 Å². The van der Waals surface area contributed by atoms with E-state index in [1.54, 1.807) is 0 Å². The van der Waals surface area contributed by atoms with Crippen LogP contribution < -0.4 is 0 Å². The molecule has 0 amide bonds. The van der Waals surface area contributed by atoms with Crippen LogP contribution in [0.3, 0.4) is 0 Å². The number of rotatable bonds is 6. The van der Waals surface area contributed by atoms with Gasteiger partial charge in [0.1, 0.15) is 11.2 Å². The molecule has 57 heavy (non-hydrogen) atoms. The molecule has 0 saturated carbocycles. The number of aromatic nitrogens is 2. The Morgan fingerprint density at radius 3 is 1.56 bits per heavy atom. The molecule has 3 heteroatoms. The van der Waals surface area contributed by atoms with Crippen molar-refractivity contribution in [2.24, 2.45) is 0 Å². The molecule has 2 heterocycles. The average Bonchev–Trinajstić information content (AvgIpc) is 3.67. The first-order chi connectivity index (χ1) is 28.2. The zero-order chi connectivity index (χ0) is 37.7. The van der Waals surface area contributed by atoms with Gasteiger partial charge in [-0.25, -0.2) is 9.97 Å². The van der Waals surface area contributed by atoms with Gasteiger partial charge in [-0.3, -0.25) is 0 Å². The molecule has 0 aliphatic heterocycles. The van der Waals surface area contributed by atoms with Crippen LogP contribution >= 0.6 is 0 Å². The van der Waals surface area contributed by atoms with E-state index < -0.39 is 0 Å². The van der Waals surface area contributed by atoms with Crippen molar-refractivity contribution in [1.29, 1.82) is 0 Å². The first kappa shape index (κ1) is 32.8. The fourth-order valence-corrected chi connectivity index (χ4v) is 8.23. The first-order valence-corrected chi connectivity index (χ1v) is 19.3. The highest BCUT2D eigenvalue weighted by Crippen LogP contribution is 2.42. The Morgan fingerprint density at radius 1 is 0.298 bits per heavy atom. The Labute approximate surface area is 330 Å². The van der Waals surface area contributed by atoms with Gasteiger partial charge >= 0.3 is 0 Å². The standard InChI is InChI=1S/C54H34N2O/c1-3-13-39(14-4-1)50-34-51(56-54(55-50)41-15-5-2-6-16-41)40-28-24-36(25-29-40)35-22-26-38(27-23-35)47-33-49-48-32-42(44-21-11-17-37-12-7-8-18-43(37)44)30-31-52(48)57-53(49)46-20-10-9-19-45(46)47/h1-34H. The van der Waals surface area contributed by atoms with Gasteiger partial charge in [-0.1, -0.05) is 182 Å². The van der Waals surface area contributed by atoms with E-state index in [0.29, 0.717) is 5.82 Å². The van der Waals surface area contributed by atoms with Gasteiger partial charge in [-0.15, -0.1) is 0 Å². The highest BCUT2D eigenvalue weighted by atomic mass is 16.3. The maximum absolute atomic E-state index is 6.60. The van der Waals surface area contributed by atoms with Crippen LogP contribution in [0.15, 0.2) is 211 Å². The second-order valence-corrected chi connectivity index (χ2v) is 14.5. The van der Waals surface area contributed by atoms with Gasteiger partial charge in [0.05, 0.1) is 11.4 Å². The lowest BCUT2D eigenvalue weighted by atomic mass is 9.93. The van der Waals surface area contributed by atoms with Crippen molar-refractivity contribution < 1.29 is 4.42 Å². The van der Waals surface area contributed by atoms with Gasteiger partial charge < -0.3 is 4.42 Å². The first-order valence-electron chi connectivity index (χ1n) is 19.3. The summed E-state index contributed by atoms with van der Waals surface area (Å²) in [5.74, 6) is 0.714. The van der Waals surface area contributed by atoms with Crippen molar-refractivity contribution in [1.82, 2.24) is 9.97 Å². The fraction of sp³-hybridized carbons (Fsp3) is 0. The minimum absolute atomic E-state index is 0.714. The molecule has 2 aromatic heterocycles. The molecule has 266 valence electrons. The minimum atomic E-state index is 0.714. The van der Waals surface area contributed by atoms with Crippen LogP contribution in [0, 0.1) is 0 Å².